The Morgan fingerprint density at radius 3 is 2.43 bits per heavy atom. The number of benzene rings is 1. The summed E-state index contributed by atoms with van der Waals surface area (Å²) in [5, 5.41) is 9.52. The van der Waals surface area contributed by atoms with Crippen molar-refractivity contribution in [2.24, 2.45) is 0 Å². The van der Waals surface area contributed by atoms with E-state index in [4.69, 9.17) is 21.7 Å². The highest BCUT2D eigenvalue weighted by atomic mass is 35.5. The fraction of sp³-hybridized carbons (Fsp3) is 0.318. The summed E-state index contributed by atoms with van der Waals surface area (Å²) >= 11 is 6.21. The number of carbonyl (C=O) groups is 2. The number of aromatic nitrogens is 2. The molecule has 1 N–H and O–H groups in total. The number of carboxylic acid groups (broad SMARTS) is 1. The van der Waals surface area contributed by atoms with Crippen LogP contribution in [-0.2, 0) is 16.0 Å². The van der Waals surface area contributed by atoms with E-state index in [1.165, 1.54) is 0 Å². The molecular formula is C22H23ClN4O3. The number of aliphatic carboxylic acids is 1. The molecule has 2 aromatic heterocycles. The van der Waals surface area contributed by atoms with Gasteiger partial charge in [0.25, 0.3) is 0 Å². The summed E-state index contributed by atoms with van der Waals surface area (Å²) in [4.78, 5) is 32.4. The summed E-state index contributed by atoms with van der Waals surface area (Å²) in [7, 11) is 0. The number of halogens is 1. The average Bonchev–Trinajstić information content (AvgIpc) is 3.06. The lowest BCUT2D eigenvalue weighted by molar-refractivity contribution is -0.139. The normalized spacial score (nSPS) is 14.9. The summed E-state index contributed by atoms with van der Waals surface area (Å²) in [6.07, 6.45) is 1.98. The minimum atomic E-state index is -0.847. The van der Waals surface area contributed by atoms with Crippen molar-refractivity contribution in [3.8, 4) is 11.3 Å². The van der Waals surface area contributed by atoms with E-state index in [1.54, 1.807) is 17.2 Å². The molecule has 1 fully saturated rings. The van der Waals surface area contributed by atoms with Gasteiger partial charge in [0.2, 0.25) is 5.91 Å². The number of aryl methyl sites for hydroxylation is 1. The van der Waals surface area contributed by atoms with Gasteiger partial charge in [-0.15, -0.1) is 0 Å². The molecule has 0 spiro atoms. The first-order valence-electron chi connectivity index (χ1n) is 9.86. The number of imidazole rings is 1. The van der Waals surface area contributed by atoms with E-state index in [9.17, 15) is 9.59 Å². The molecule has 156 valence electrons. The highest BCUT2D eigenvalue weighted by Crippen LogP contribution is 2.27. The molecule has 0 aliphatic carbocycles. The third-order valence-corrected chi connectivity index (χ3v) is 5.63. The van der Waals surface area contributed by atoms with Crippen molar-refractivity contribution in [3.63, 3.8) is 0 Å². The topological polar surface area (TPSA) is 78.2 Å². The second-order valence-electron chi connectivity index (χ2n) is 7.58. The molecule has 0 radical (unpaired) electrons. The van der Waals surface area contributed by atoms with Gasteiger partial charge in [0, 0.05) is 37.9 Å². The zero-order chi connectivity index (χ0) is 21.3. The van der Waals surface area contributed by atoms with Gasteiger partial charge >= 0.3 is 5.97 Å². The lowest BCUT2D eigenvalue weighted by Crippen LogP contribution is -2.50. The number of amides is 1. The summed E-state index contributed by atoms with van der Waals surface area (Å²) in [5.41, 5.74) is 4.42. The van der Waals surface area contributed by atoms with Crippen LogP contribution in [0, 0.1) is 6.92 Å². The summed E-state index contributed by atoms with van der Waals surface area (Å²) < 4.78 is 1.89. The van der Waals surface area contributed by atoms with Gasteiger partial charge in [0.1, 0.15) is 5.65 Å². The molecule has 1 saturated heterocycles. The number of piperazine rings is 1. The van der Waals surface area contributed by atoms with Gasteiger partial charge in [-0.1, -0.05) is 41.4 Å². The predicted octanol–water partition coefficient (Wildman–Crippen LogP) is 2.73. The maximum Gasteiger partial charge on any atom is 0.317 e. The molecule has 8 heteroatoms. The van der Waals surface area contributed by atoms with Gasteiger partial charge in [0.15, 0.2) is 0 Å². The molecule has 0 unspecified atom stereocenters. The van der Waals surface area contributed by atoms with Crippen molar-refractivity contribution in [2.45, 2.75) is 13.3 Å². The van der Waals surface area contributed by atoms with Crippen LogP contribution in [-0.4, -0.2) is 68.9 Å². The van der Waals surface area contributed by atoms with Crippen molar-refractivity contribution >= 4 is 29.1 Å². The third kappa shape index (κ3) is 4.32. The molecule has 1 amide bonds. The molecule has 0 saturated carbocycles. The van der Waals surface area contributed by atoms with Crippen LogP contribution in [0.2, 0.25) is 5.02 Å². The van der Waals surface area contributed by atoms with Gasteiger partial charge in [-0.2, -0.15) is 0 Å². The zero-order valence-electron chi connectivity index (χ0n) is 16.7. The van der Waals surface area contributed by atoms with Gasteiger partial charge in [-0.05, 0) is 19.1 Å². The molecule has 1 aromatic carbocycles. The molecule has 4 rings (SSSR count). The Morgan fingerprint density at radius 1 is 1.07 bits per heavy atom. The largest absolute Gasteiger partial charge is 0.480 e. The van der Waals surface area contributed by atoms with Crippen molar-refractivity contribution in [1.82, 2.24) is 19.2 Å². The fourth-order valence-electron chi connectivity index (χ4n) is 3.78. The van der Waals surface area contributed by atoms with Crippen LogP contribution in [0.4, 0.5) is 0 Å². The van der Waals surface area contributed by atoms with Crippen LogP contribution in [0.15, 0.2) is 42.6 Å². The highest BCUT2D eigenvalue weighted by Gasteiger charge is 2.25. The molecule has 3 heterocycles. The van der Waals surface area contributed by atoms with Crippen molar-refractivity contribution in [2.75, 3.05) is 32.7 Å². The number of hydrogen-bond donors (Lipinski definition) is 1. The molecular weight excluding hydrogens is 404 g/mol. The fourth-order valence-corrected chi connectivity index (χ4v) is 3.94. The quantitative estimate of drug-likeness (QED) is 0.678. The van der Waals surface area contributed by atoms with Crippen molar-refractivity contribution in [1.29, 1.82) is 0 Å². The van der Waals surface area contributed by atoms with Gasteiger partial charge in [0.05, 0.1) is 29.4 Å². The van der Waals surface area contributed by atoms with Crippen LogP contribution in [0.1, 0.15) is 11.3 Å². The number of nitrogens with zero attached hydrogens (tertiary/aromatic N) is 4. The number of carbonyl (C=O) groups excluding carboxylic acids is 1. The van der Waals surface area contributed by atoms with Crippen LogP contribution in [0.25, 0.3) is 16.9 Å². The van der Waals surface area contributed by atoms with E-state index in [0.717, 1.165) is 28.2 Å². The molecule has 0 atom stereocenters. The molecule has 3 aromatic rings. The number of rotatable bonds is 5. The Hall–Kier alpha value is -2.90. The number of carboxylic acids is 1. The Morgan fingerprint density at radius 2 is 1.77 bits per heavy atom. The molecule has 1 aliphatic rings. The Kier molecular flexibility index (Phi) is 5.74. The van der Waals surface area contributed by atoms with E-state index >= 15 is 0 Å². The summed E-state index contributed by atoms with van der Waals surface area (Å²) in [5.74, 6) is -0.847. The summed E-state index contributed by atoms with van der Waals surface area (Å²) in [6, 6.07) is 11.7. The minimum Gasteiger partial charge on any atom is -0.480 e. The van der Waals surface area contributed by atoms with Gasteiger partial charge in [-0.3, -0.25) is 14.5 Å². The Bertz CT molecular complexity index is 1090. The smallest absolute Gasteiger partial charge is 0.317 e. The van der Waals surface area contributed by atoms with Crippen molar-refractivity contribution in [3.05, 3.63) is 58.9 Å². The van der Waals surface area contributed by atoms with Crippen LogP contribution in [0.3, 0.4) is 0 Å². The maximum absolute atomic E-state index is 13.1. The molecule has 0 bridgehead atoms. The van der Waals surface area contributed by atoms with E-state index in [1.807, 2.05) is 46.6 Å². The average molecular weight is 427 g/mol. The third-order valence-electron chi connectivity index (χ3n) is 5.41. The second kappa shape index (κ2) is 8.45. The Balaban J connectivity index is 1.60. The SMILES string of the molecule is Cc1ccc(-c2nc3ccc(Cl)cn3c2CC(=O)N2CCN(CC(=O)O)CC2)cc1. The van der Waals surface area contributed by atoms with Crippen LogP contribution in [0.5, 0.6) is 0 Å². The van der Waals surface area contributed by atoms with Crippen LogP contribution >= 0.6 is 11.6 Å². The lowest BCUT2D eigenvalue weighted by atomic mass is 10.1. The minimum absolute atomic E-state index is 0.000104. The van der Waals surface area contributed by atoms with E-state index < -0.39 is 5.97 Å². The predicted molar refractivity (Wildman–Crippen MR) is 115 cm³/mol. The van der Waals surface area contributed by atoms with E-state index in [0.29, 0.717) is 31.2 Å². The van der Waals surface area contributed by atoms with E-state index in [-0.39, 0.29) is 18.9 Å². The zero-order valence-corrected chi connectivity index (χ0v) is 17.5. The second-order valence-corrected chi connectivity index (χ2v) is 8.01. The lowest BCUT2D eigenvalue weighted by Gasteiger charge is -2.33. The van der Waals surface area contributed by atoms with Gasteiger partial charge < -0.3 is 14.4 Å². The monoisotopic (exact) mass is 426 g/mol. The standard InChI is InChI=1S/C22H23ClN4O3/c1-15-2-4-16(5-3-15)22-18(27-13-17(23)6-7-19(27)24-22)12-20(28)26-10-8-25(9-11-26)14-21(29)30/h2-7,13H,8-12,14H2,1H3,(H,29,30). The first kappa shape index (κ1) is 20.4. The highest BCUT2D eigenvalue weighted by molar-refractivity contribution is 6.30. The number of fused-ring (bicyclic) bond motifs is 1. The van der Waals surface area contributed by atoms with Crippen LogP contribution < -0.4 is 0 Å². The number of pyridine rings is 1. The van der Waals surface area contributed by atoms with Gasteiger partial charge in [-0.25, -0.2) is 4.98 Å². The first-order valence-corrected chi connectivity index (χ1v) is 10.2. The number of hydrogen-bond acceptors (Lipinski definition) is 4. The molecule has 1 aliphatic heterocycles. The van der Waals surface area contributed by atoms with Crippen molar-refractivity contribution < 1.29 is 14.7 Å². The molecule has 7 nitrogen and oxygen atoms in total. The summed E-state index contributed by atoms with van der Waals surface area (Å²) in [6.45, 7) is 4.18. The maximum atomic E-state index is 13.1. The first-order chi connectivity index (χ1) is 14.4. The molecule has 30 heavy (non-hydrogen) atoms. The van der Waals surface area contributed by atoms with E-state index in [2.05, 4.69) is 0 Å². The Labute approximate surface area is 179 Å².